The molecule has 8 nitrogen and oxygen atoms in total. The van der Waals surface area contributed by atoms with Gasteiger partial charge in [0, 0.05) is 0 Å². The predicted octanol–water partition coefficient (Wildman–Crippen LogP) is -0.130. The zero-order chi connectivity index (χ0) is 20.2. The fourth-order valence-corrected chi connectivity index (χ4v) is 6.03. The van der Waals surface area contributed by atoms with Crippen molar-refractivity contribution in [2.24, 2.45) is 5.73 Å². The summed E-state index contributed by atoms with van der Waals surface area (Å²) < 4.78 is 1.19. The van der Waals surface area contributed by atoms with Crippen LogP contribution in [-0.2, 0) is 16.1 Å². The van der Waals surface area contributed by atoms with Crippen molar-refractivity contribution < 1.29 is 14.4 Å². The number of nitrogens with zero attached hydrogens (tertiary/aromatic N) is 1. The topological polar surface area (TPSA) is 128 Å². The molecule has 0 aliphatic carbocycles. The van der Waals surface area contributed by atoms with Crippen LogP contribution in [0.1, 0.15) is 15.9 Å². The summed E-state index contributed by atoms with van der Waals surface area (Å²) in [4.78, 5) is 43.5. The van der Waals surface area contributed by atoms with Gasteiger partial charge >= 0.3 is 163 Å². The molecule has 0 saturated carbocycles. The molecule has 0 atom stereocenters. The Bertz CT molecular complexity index is 796. The Balaban J connectivity index is 2.09. The maximum atomic E-state index is 12.6. The van der Waals surface area contributed by atoms with Crippen molar-refractivity contribution in [3.05, 3.63) is 41.5 Å². The van der Waals surface area contributed by atoms with E-state index in [1.165, 1.54) is 15.7 Å². The number of nitrogens with two attached hydrogens (primary N) is 1. The van der Waals surface area contributed by atoms with Crippen LogP contribution < -0.4 is 19.9 Å². The predicted molar refractivity (Wildman–Crippen MR) is 106 cm³/mol. The average molecular weight is 478 g/mol. The van der Waals surface area contributed by atoms with E-state index >= 15 is 0 Å². The first kappa shape index (κ1) is 20.9. The fraction of sp³-hybridized carbons (Fsp3) is 0.333. The molecule has 1 aliphatic heterocycles. The number of guanidine groups is 1. The molecule has 0 fully saturated rings. The first-order valence-electron chi connectivity index (χ1n) is 8.62. The molecule has 1 aromatic rings. The standard InChI is InChI=1S/C15H16N5O3.3CH3.Sn/c16-15(17)19-9-10-2-1-3-11(8-10)14(23)18-6-7-20-12(21)4-5-13(20)22;;;;/h2-5,8H,6-7,9H2,(H,18,23)(H4,16,17,19);3*1H3;. The molecule has 5 N–H and O–H groups in total. The number of benzene rings is 1. The summed E-state index contributed by atoms with van der Waals surface area (Å²) in [6.07, 6.45) is 2.44. The van der Waals surface area contributed by atoms with E-state index in [0.717, 1.165) is 10.5 Å². The Morgan fingerprint density at radius 1 is 1.11 bits per heavy atom. The van der Waals surface area contributed by atoms with E-state index in [1.54, 1.807) is 6.07 Å². The molecular weight excluding hydrogens is 453 g/mol. The molecule has 144 valence electrons. The van der Waals surface area contributed by atoms with Crippen LogP contribution in [0.4, 0.5) is 0 Å². The molecule has 2 rings (SSSR count). The number of hydrogen-bond donors (Lipinski definition) is 4. The van der Waals surface area contributed by atoms with Crippen LogP contribution in [0, 0.1) is 5.41 Å². The maximum absolute atomic E-state index is 12.6. The van der Waals surface area contributed by atoms with Gasteiger partial charge in [-0.3, -0.25) is 0 Å². The van der Waals surface area contributed by atoms with Crippen LogP contribution in [0.25, 0.3) is 0 Å². The van der Waals surface area contributed by atoms with E-state index in [1.807, 2.05) is 6.07 Å². The van der Waals surface area contributed by atoms with Crippen molar-refractivity contribution in [2.75, 3.05) is 13.1 Å². The Hall–Kier alpha value is -2.36. The Kier molecular flexibility index (Phi) is 6.63. The van der Waals surface area contributed by atoms with Crippen molar-refractivity contribution in [1.82, 2.24) is 15.5 Å². The summed E-state index contributed by atoms with van der Waals surface area (Å²) in [7, 11) is 0. The first-order valence-corrected chi connectivity index (χ1v) is 18.6. The number of carbonyl (C=O) groups excluding carboxylic acids is 3. The fourth-order valence-electron chi connectivity index (χ4n) is 2.59. The number of hydrogen-bond acceptors (Lipinski definition) is 4. The summed E-state index contributed by atoms with van der Waals surface area (Å²) in [6, 6.07) is 5.74. The number of rotatable bonds is 7. The van der Waals surface area contributed by atoms with Gasteiger partial charge < -0.3 is 0 Å². The van der Waals surface area contributed by atoms with Crippen LogP contribution >= 0.6 is 0 Å². The SMILES string of the molecule is [CH3][Sn]([CH3])([CH3])[c]1cc(CNC(=N)N)cc(C(=O)NCCN2C(=O)C=CC2=O)c1. The van der Waals surface area contributed by atoms with E-state index in [9.17, 15) is 14.4 Å². The number of imide groups is 1. The van der Waals surface area contributed by atoms with E-state index in [2.05, 4.69) is 31.5 Å². The van der Waals surface area contributed by atoms with Gasteiger partial charge in [-0.1, -0.05) is 0 Å². The van der Waals surface area contributed by atoms with Crippen molar-refractivity contribution in [3.8, 4) is 0 Å². The molecule has 0 spiro atoms. The minimum absolute atomic E-state index is 0.126. The second-order valence-electron chi connectivity index (χ2n) is 7.35. The first-order chi connectivity index (χ1) is 12.6. The summed E-state index contributed by atoms with van der Waals surface area (Å²) in [5.74, 6) is -1.12. The zero-order valence-corrected chi connectivity index (χ0v) is 18.6. The van der Waals surface area contributed by atoms with Crippen molar-refractivity contribution in [1.29, 1.82) is 5.41 Å². The zero-order valence-electron chi connectivity index (χ0n) is 15.8. The van der Waals surface area contributed by atoms with Gasteiger partial charge in [0.15, 0.2) is 0 Å². The molecule has 1 aliphatic rings. The van der Waals surface area contributed by atoms with Crippen LogP contribution in [0.3, 0.4) is 0 Å². The van der Waals surface area contributed by atoms with Crippen LogP contribution in [0.2, 0.25) is 14.8 Å². The molecule has 3 amide bonds. The summed E-state index contributed by atoms with van der Waals surface area (Å²) in [5, 5.41) is 12.8. The molecule has 1 aromatic carbocycles. The van der Waals surface area contributed by atoms with Gasteiger partial charge in [0.25, 0.3) is 0 Å². The van der Waals surface area contributed by atoms with E-state index < -0.39 is 18.4 Å². The number of carbonyl (C=O) groups is 3. The third-order valence-corrected chi connectivity index (χ3v) is 9.89. The normalized spacial score (nSPS) is 13.8. The van der Waals surface area contributed by atoms with Crippen molar-refractivity contribution in [3.63, 3.8) is 0 Å². The quantitative estimate of drug-likeness (QED) is 0.188. The van der Waals surface area contributed by atoms with E-state index in [-0.39, 0.29) is 36.8 Å². The minimum atomic E-state index is -2.44. The monoisotopic (exact) mass is 479 g/mol. The second-order valence-corrected chi connectivity index (χ2v) is 21.8. The van der Waals surface area contributed by atoms with Crippen LogP contribution in [0.15, 0.2) is 30.4 Å². The molecule has 1 heterocycles. The van der Waals surface area contributed by atoms with Gasteiger partial charge in [0.1, 0.15) is 0 Å². The molecule has 0 unspecified atom stereocenters. The molecule has 27 heavy (non-hydrogen) atoms. The van der Waals surface area contributed by atoms with Gasteiger partial charge in [0.2, 0.25) is 0 Å². The van der Waals surface area contributed by atoms with E-state index in [0.29, 0.717) is 12.1 Å². The molecular formula is C18H25N5O3Sn. The summed E-state index contributed by atoms with van der Waals surface area (Å²) >= 11 is -2.44. The number of amides is 3. The molecule has 0 radical (unpaired) electrons. The van der Waals surface area contributed by atoms with Crippen LogP contribution in [-0.4, -0.2) is 60.0 Å². The van der Waals surface area contributed by atoms with Crippen LogP contribution in [0.5, 0.6) is 0 Å². The number of nitrogens with one attached hydrogen (secondary N) is 3. The summed E-state index contributed by atoms with van der Waals surface area (Å²) in [5.41, 5.74) is 6.76. The van der Waals surface area contributed by atoms with Crippen molar-refractivity contribution in [2.45, 2.75) is 21.4 Å². The molecule has 0 aromatic heterocycles. The van der Waals surface area contributed by atoms with Gasteiger partial charge in [-0.25, -0.2) is 0 Å². The molecule has 9 heteroatoms. The molecule has 0 bridgehead atoms. The van der Waals surface area contributed by atoms with Gasteiger partial charge in [-0.2, -0.15) is 0 Å². The van der Waals surface area contributed by atoms with Gasteiger partial charge in [-0.15, -0.1) is 0 Å². The van der Waals surface area contributed by atoms with Crippen molar-refractivity contribution >= 4 is 45.6 Å². The average Bonchev–Trinajstić information content (AvgIpc) is 2.90. The third kappa shape index (κ3) is 5.81. The summed E-state index contributed by atoms with van der Waals surface area (Å²) in [6.45, 7) is 0.684. The Morgan fingerprint density at radius 3 is 2.30 bits per heavy atom. The van der Waals surface area contributed by atoms with Gasteiger partial charge in [-0.05, 0) is 0 Å². The molecule has 0 saturated heterocycles. The van der Waals surface area contributed by atoms with Gasteiger partial charge in [0.05, 0.1) is 0 Å². The van der Waals surface area contributed by atoms with E-state index in [4.69, 9.17) is 11.1 Å². The third-order valence-electron chi connectivity index (χ3n) is 4.13. The second kappa shape index (κ2) is 8.55. The Labute approximate surface area is 162 Å². The Morgan fingerprint density at radius 2 is 1.74 bits per heavy atom.